The maximum absolute atomic E-state index is 11.9. The molecule has 1 aromatic rings. The second-order valence-corrected chi connectivity index (χ2v) is 5.71. The lowest BCUT2D eigenvalue weighted by molar-refractivity contribution is -0.118. The SMILES string of the molecule is COCC(N)C(=O)Nc1sc2c(c1C(=O)OC)CCC2. The minimum atomic E-state index is -0.762. The number of methoxy groups -OCH3 is 2. The highest BCUT2D eigenvalue weighted by Gasteiger charge is 2.28. The van der Waals surface area contributed by atoms with Gasteiger partial charge in [0.1, 0.15) is 11.0 Å². The molecule has 0 spiro atoms. The van der Waals surface area contributed by atoms with Crippen molar-refractivity contribution >= 4 is 28.2 Å². The molecule has 2 rings (SSSR count). The fourth-order valence-corrected chi connectivity index (χ4v) is 3.55. The van der Waals surface area contributed by atoms with Gasteiger partial charge in [-0.1, -0.05) is 0 Å². The van der Waals surface area contributed by atoms with Crippen molar-refractivity contribution in [1.82, 2.24) is 0 Å². The molecule has 0 bridgehead atoms. The first-order valence-corrected chi connectivity index (χ1v) is 7.18. The Hall–Kier alpha value is -1.44. The Kier molecular flexibility index (Phi) is 4.74. The third-order valence-corrected chi connectivity index (χ3v) is 4.44. The van der Waals surface area contributed by atoms with Gasteiger partial charge in [0, 0.05) is 12.0 Å². The maximum Gasteiger partial charge on any atom is 0.341 e. The number of amides is 1. The highest BCUT2D eigenvalue weighted by Crippen LogP contribution is 2.39. The van der Waals surface area contributed by atoms with Gasteiger partial charge in [-0.3, -0.25) is 4.79 Å². The highest BCUT2D eigenvalue weighted by molar-refractivity contribution is 7.17. The summed E-state index contributed by atoms with van der Waals surface area (Å²) in [5, 5.41) is 3.24. The van der Waals surface area contributed by atoms with Crippen LogP contribution in [0.4, 0.5) is 5.00 Å². The summed E-state index contributed by atoms with van der Waals surface area (Å²) >= 11 is 1.43. The van der Waals surface area contributed by atoms with Gasteiger partial charge in [-0.05, 0) is 24.8 Å². The molecule has 1 aromatic heterocycles. The van der Waals surface area contributed by atoms with Crippen LogP contribution in [0.25, 0.3) is 0 Å². The molecule has 0 fully saturated rings. The number of nitrogens with two attached hydrogens (primary N) is 1. The molecule has 0 saturated carbocycles. The summed E-state index contributed by atoms with van der Waals surface area (Å²) in [6.45, 7) is 0.129. The smallest absolute Gasteiger partial charge is 0.341 e. The Morgan fingerprint density at radius 2 is 2.15 bits per heavy atom. The van der Waals surface area contributed by atoms with Crippen molar-refractivity contribution < 1.29 is 19.1 Å². The van der Waals surface area contributed by atoms with Crippen LogP contribution >= 0.6 is 11.3 Å². The van der Waals surface area contributed by atoms with Gasteiger partial charge in [-0.15, -0.1) is 11.3 Å². The Balaban J connectivity index is 2.24. The van der Waals surface area contributed by atoms with E-state index in [0.717, 1.165) is 29.7 Å². The molecule has 1 atom stereocenters. The summed E-state index contributed by atoms with van der Waals surface area (Å²) in [5.41, 5.74) is 7.15. The summed E-state index contributed by atoms with van der Waals surface area (Å²) in [6.07, 6.45) is 2.81. The average Bonchev–Trinajstić information content (AvgIpc) is 2.98. The van der Waals surface area contributed by atoms with Crippen LogP contribution < -0.4 is 11.1 Å². The molecule has 3 N–H and O–H groups in total. The molecule has 1 amide bonds. The molecule has 6 nitrogen and oxygen atoms in total. The van der Waals surface area contributed by atoms with Crippen LogP contribution in [0, 0.1) is 0 Å². The molecule has 0 radical (unpaired) electrons. The van der Waals surface area contributed by atoms with Gasteiger partial charge in [-0.25, -0.2) is 4.79 Å². The van der Waals surface area contributed by atoms with Gasteiger partial charge in [-0.2, -0.15) is 0 Å². The third-order valence-electron chi connectivity index (χ3n) is 3.23. The third kappa shape index (κ3) is 2.84. The topological polar surface area (TPSA) is 90.6 Å². The van der Waals surface area contributed by atoms with Gasteiger partial charge >= 0.3 is 5.97 Å². The molecule has 1 heterocycles. The van der Waals surface area contributed by atoms with Crippen LogP contribution in [0.15, 0.2) is 0 Å². The Bertz CT molecular complexity index is 527. The summed E-state index contributed by atoms with van der Waals surface area (Å²) < 4.78 is 9.66. The van der Waals surface area contributed by atoms with Gasteiger partial charge in [0.25, 0.3) is 0 Å². The van der Waals surface area contributed by atoms with Crippen LogP contribution in [0.1, 0.15) is 27.2 Å². The molecule has 0 aliphatic heterocycles. The molecule has 0 saturated heterocycles. The van der Waals surface area contributed by atoms with Gasteiger partial charge in [0.2, 0.25) is 5.91 Å². The molecule has 1 unspecified atom stereocenters. The van der Waals surface area contributed by atoms with E-state index in [1.807, 2.05) is 0 Å². The van der Waals surface area contributed by atoms with Gasteiger partial charge < -0.3 is 20.5 Å². The first-order chi connectivity index (χ1) is 9.58. The average molecular weight is 298 g/mol. The van der Waals surface area contributed by atoms with E-state index >= 15 is 0 Å². The number of esters is 1. The molecule has 0 aromatic carbocycles. The van der Waals surface area contributed by atoms with Crippen LogP contribution in [0.2, 0.25) is 0 Å². The number of hydrogen-bond acceptors (Lipinski definition) is 6. The van der Waals surface area contributed by atoms with Crippen molar-refractivity contribution in [1.29, 1.82) is 0 Å². The van der Waals surface area contributed by atoms with Crippen LogP contribution in [-0.2, 0) is 27.1 Å². The van der Waals surface area contributed by atoms with Gasteiger partial charge in [0.05, 0.1) is 19.3 Å². The first-order valence-electron chi connectivity index (χ1n) is 6.36. The molecule has 20 heavy (non-hydrogen) atoms. The Morgan fingerprint density at radius 1 is 1.40 bits per heavy atom. The van der Waals surface area contributed by atoms with E-state index in [9.17, 15) is 9.59 Å². The van der Waals surface area contributed by atoms with Crippen molar-refractivity contribution in [2.45, 2.75) is 25.3 Å². The van der Waals surface area contributed by atoms with E-state index in [2.05, 4.69) is 5.32 Å². The van der Waals surface area contributed by atoms with Crippen molar-refractivity contribution in [3.8, 4) is 0 Å². The zero-order valence-electron chi connectivity index (χ0n) is 11.5. The molecule has 1 aliphatic carbocycles. The number of hydrogen-bond donors (Lipinski definition) is 2. The van der Waals surface area contributed by atoms with E-state index in [1.165, 1.54) is 25.6 Å². The monoisotopic (exact) mass is 298 g/mol. The molecule has 110 valence electrons. The lowest BCUT2D eigenvalue weighted by Crippen LogP contribution is -2.39. The minimum Gasteiger partial charge on any atom is -0.465 e. The van der Waals surface area contributed by atoms with E-state index in [0.29, 0.717) is 10.6 Å². The van der Waals surface area contributed by atoms with E-state index in [-0.39, 0.29) is 12.5 Å². The number of ether oxygens (including phenoxy) is 2. The number of aryl methyl sites for hydroxylation is 1. The number of thiophene rings is 1. The second kappa shape index (κ2) is 6.34. The maximum atomic E-state index is 11.9. The van der Waals surface area contributed by atoms with Crippen LogP contribution in [0.3, 0.4) is 0 Å². The summed E-state index contributed by atoms with van der Waals surface area (Å²) in [6, 6.07) is -0.762. The Morgan fingerprint density at radius 3 is 2.80 bits per heavy atom. The number of carbonyl (C=O) groups is 2. The Labute approximate surface area is 121 Å². The number of rotatable bonds is 5. The van der Waals surface area contributed by atoms with Crippen molar-refractivity contribution in [2.75, 3.05) is 26.1 Å². The van der Waals surface area contributed by atoms with Crippen molar-refractivity contribution in [3.63, 3.8) is 0 Å². The first kappa shape index (κ1) is 15.0. The molecule has 1 aliphatic rings. The lowest BCUT2D eigenvalue weighted by atomic mass is 10.1. The summed E-state index contributed by atoms with van der Waals surface area (Å²) in [4.78, 5) is 25.0. The van der Waals surface area contributed by atoms with Crippen LogP contribution in [-0.4, -0.2) is 38.7 Å². The van der Waals surface area contributed by atoms with E-state index < -0.39 is 12.0 Å². The second-order valence-electron chi connectivity index (χ2n) is 4.60. The predicted octanol–water partition coefficient (Wildman–Crippen LogP) is 0.936. The highest BCUT2D eigenvalue weighted by atomic mass is 32.1. The molecule has 7 heteroatoms. The zero-order valence-corrected chi connectivity index (χ0v) is 12.3. The van der Waals surface area contributed by atoms with E-state index in [4.69, 9.17) is 15.2 Å². The summed E-state index contributed by atoms with van der Waals surface area (Å²) in [5.74, 6) is -0.781. The van der Waals surface area contributed by atoms with E-state index in [1.54, 1.807) is 0 Å². The predicted molar refractivity (Wildman–Crippen MR) is 76.2 cm³/mol. The quantitative estimate of drug-likeness (QED) is 0.789. The standard InChI is InChI=1S/C13H18N2O4S/c1-18-6-8(14)11(16)15-12-10(13(17)19-2)7-4-3-5-9(7)20-12/h8H,3-6,14H2,1-2H3,(H,15,16). The normalized spacial score (nSPS) is 14.8. The van der Waals surface area contributed by atoms with Crippen molar-refractivity contribution in [2.24, 2.45) is 5.73 Å². The largest absolute Gasteiger partial charge is 0.465 e. The zero-order chi connectivity index (χ0) is 14.7. The number of fused-ring (bicyclic) bond motifs is 1. The number of nitrogens with one attached hydrogen (secondary N) is 1. The molecular weight excluding hydrogens is 280 g/mol. The fourth-order valence-electron chi connectivity index (χ4n) is 2.27. The van der Waals surface area contributed by atoms with Crippen LogP contribution in [0.5, 0.6) is 0 Å². The lowest BCUT2D eigenvalue weighted by Gasteiger charge is -2.11. The number of carbonyl (C=O) groups excluding carboxylic acids is 2. The number of anilines is 1. The van der Waals surface area contributed by atoms with Gasteiger partial charge in [0.15, 0.2) is 0 Å². The van der Waals surface area contributed by atoms with Crippen molar-refractivity contribution in [3.05, 3.63) is 16.0 Å². The summed E-state index contributed by atoms with van der Waals surface area (Å²) in [7, 11) is 2.82. The minimum absolute atomic E-state index is 0.129. The molecular formula is C13H18N2O4S. The fraction of sp³-hybridized carbons (Fsp3) is 0.538.